The van der Waals surface area contributed by atoms with Crippen molar-refractivity contribution >= 4 is 72.3 Å². The molecule has 3 heteroatoms. The first kappa shape index (κ1) is 30.0. The minimum atomic E-state index is -0.523. The Morgan fingerprint density at radius 1 is 0.389 bits per heavy atom. The standard InChI is InChI=1S/C51H31NOS/c1-2-16-35(17-3-1)52(37-24-26-39-41-28-33-12-4-5-13-34(33)29-46(41)53-47(39)31-37)36-25-27-49-45(30-36)51(43-21-8-9-23-48(43)54-49)42-20-7-6-18-38(42)40-19-10-14-32-15-11-22-44(51)50(32)40/h1-31H. The molecule has 1 aliphatic heterocycles. The lowest BCUT2D eigenvalue weighted by Crippen LogP contribution is -2.36. The monoisotopic (exact) mass is 705 g/mol. The molecule has 1 aliphatic carbocycles. The molecule has 0 N–H and O–H groups in total. The predicted molar refractivity (Wildman–Crippen MR) is 225 cm³/mol. The van der Waals surface area contributed by atoms with Crippen LogP contribution in [0.15, 0.2) is 202 Å². The van der Waals surface area contributed by atoms with E-state index in [-0.39, 0.29) is 0 Å². The second kappa shape index (κ2) is 11.2. The lowest BCUT2D eigenvalue weighted by Gasteiger charge is -2.46. The maximum atomic E-state index is 6.62. The fraction of sp³-hybridized carbons (Fsp3) is 0.0196. The summed E-state index contributed by atoms with van der Waals surface area (Å²) in [5.41, 5.74) is 12.4. The molecule has 10 aromatic rings. The fourth-order valence-corrected chi connectivity index (χ4v) is 10.6. The summed E-state index contributed by atoms with van der Waals surface area (Å²) in [5, 5.41) is 7.26. The molecule has 0 radical (unpaired) electrons. The summed E-state index contributed by atoms with van der Waals surface area (Å²) in [6, 6.07) is 69.2. The van der Waals surface area contributed by atoms with Gasteiger partial charge in [0.1, 0.15) is 11.2 Å². The van der Waals surface area contributed by atoms with Gasteiger partial charge in [-0.05, 0) is 116 Å². The Kier molecular flexibility index (Phi) is 6.23. The van der Waals surface area contributed by atoms with E-state index in [1.165, 1.54) is 64.7 Å². The number of furan rings is 1. The van der Waals surface area contributed by atoms with Crippen LogP contribution < -0.4 is 4.90 Å². The molecule has 54 heavy (non-hydrogen) atoms. The van der Waals surface area contributed by atoms with Crippen molar-refractivity contribution in [3.8, 4) is 11.1 Å². The van der Waals surface area contributed by atoms with E-state index < -0.39 is 5.41 Å². The zero-order valence-electron chi connectivity index (χ0n) is 29.2. The molecule has 1 aromatic heterocycles. The third kappa shape index (κ3) is 4.07. The van der Waals surface area contributed by atoms with Gasteiger partial charge >= 0.3 is 0 Å². The summed E-state index contributed by atoms with van der Waals surface area (Å²) in [4.78, 5) is 4.95. The fourth-order valence-electron chi connectivity index (χ4n) is 9.43. The van der Waals surface area contributed by atoms with Crippen LogP contribution in [-0.4, -0.2) is 0 Å². The van der Waals surface area contributed by atoms with Gasteiger partial charge in [0.25, 0.3) is 0 Å². The van der Waals surface area contributed by atoms with Crippen LogP contribution in [0.2, 0.25) is 0 Å². The molecule has 2 heterocycles. The minimum absolute atomic E-state index is 0.523. The van der Waals surface area contributed by atoms with E-state index >= 15 is 0 Å². The second-order valence-corrected chi connectivity index (χ2v) is 15.5. The number of para-hydroxylation sites is 1. The van der Waals surface area contributed by atoms with E-state index in [1.54, 1.807) is 0 Å². The molecule has 1 unspecified atom stereocenters. The van der Waals surface area contributed by atoms with Gasteiger partial charge in [-0.15, -0.1) is 0 Å². The van der Waals surface area contributed by atoms with E-state index in [0.717, 1.165) is 39.0 Å². The first-order valence-corrected chi connectivity index (χ1v) is 19.3. The number of hydrogen-bond donors (Lipinski definition) is 0. The molecular weight excluding hydrogens is 675 g/mol. The molecule has 1 spiro atoms. The van der Waals surface area contributed by atoms with Crippen LogP contribution >= 0.6 is 11.8 Å². The van der Waals surface area contributed by atoms with Crippen molar-refractivity contribution < 1.29 is 4.42 Å². The van der Waals surface area contributed by atoms with Gasteiger partial charge in [0.2, 0.25) is 0 Å². The zero-order chi connectivity index (χ0) is 35.4. The lowest BCUT2D eigenvalue weighted by atomic mass is 9.59. The number of benzene rings is 9. The van der Waals surface area contributed by atoms with Crippen molar-refractivity contribution in [1.29, 1.82) is 0 Å². The Bertz CT molecular complexity index is 3160. The van der Waals surface area contributed by atoms with Gasteiger partial charge in [0.15, 0.2) is 0 Å². The minimum Gasteiger partial charge on any atom is -0.456 e. The summed E-state index contributed by atoms with van der Waals surface area (Å²) < 4.78 is 6.62. The third-order valence-electron chi connectivity index (χ3n) is 11.7. The van der Waals surface area contributed by atoms with Gasteiger partial charge in [0.05, 0.1) is 5.41 Å². The number of anilines is 3. The topological polar surface area (TPSA) is 16.4 Å². The molecule has 9 aromatic carbocycles. The molecule has 0 fully saturated rings. The van der Waals surface area contributed by atoms with E-state index in [0.29, 0.717) is 0 Å². The number of hydrogen-bond acceptors (Lipinski definition) is 3. The lowest BCUT2D eigenvalue weighted by molar-refractivity contribution is 0.669. The second-order valence-electron chi connectivity index (χ2n) is 14.4. The van der Waals surface area contributed by atoms with Crippen LogP contribution in [0.4, 0.5) is 17.1 Å². The number of rotatable bonds is 3. The molecule has 0 bridgehead atoms. The molecule has 1 atom stereocenters. The van der Waals surface area contributed by atoms with Crippen LogP contribution in [0.3, 0.4) is 0 Å². The summed E-state index contributed by atoms with van der Waals surface area (Å²) in [6.45, 7) is 0. The van der Waals surface area contributed by atoms with Gasteiger partial charge in [-0.25, -0.2) is 0 Å². The van der Waals surface area contributed by atoms with Crippen molar-refractivity contribution in [2.24, 2.45) is 0 Å². The van der Waals surface area contributed by atoms with Crippen molar-refractivity contribution in [3.05, 3.63) is 210 Å². The van der Waals surface area contributed by atoms with Crippen LogP contribution in [0.1, 0.15) is 22.3 Å². The van der Waals surface area contributed by atoms with Gasteiger partial charge in [-0.1, -0.05) is 133 Å². The van der Waals surface area contributed by atoms with Crippen molar-refractivity contribution in [2.45, 2.75) is 15.2 Å². The van der Waals surface area contributed by atoms with Gasteiger partial charge in [0, 0.05) is 43.7 Å². The van der Waals surface area contributed by atoms with E-state index in [9.17, 15) is 0 Å². The van der Waals surface area contributed by atoms with Crippen LogP contribution in [0, 0.1) is 0 Å². The Morgan fingerprint density at radius 3 is 1.91 bits per heavy atom. The molecule has 2 nitrogen and oxygen atoms in total. The molecule has 0 saturated carbocycles. The quantitative estimate of drug-likeness (QED) is 0.182. The molecular formula is C51H31NOS. The Morgan fingerprint density at radius 2 is 1.02 bits per heavy atom. The van der Waals surface area contributed by atoms with E-state index in [4.69, 9.17) is 4.42 Å². The van der Waals surface area contributed by atoms with E-state index in [2.05, 4.69) is 193 Å². The normalized spacial score (nSPS) is 15.4. The van der Waals surface area contributed by atoms with Gasteiger partial charge in [-0.3, -0.25) is 0 Å². The average molecular weight is 706 g/mol. The number of fused-ring (bicyclic) bond motifs is 12. The summed E-state index contributed by atoms with van der Waals surface area (Å²) in [5.74, 6) is 0. The highest BCUT2D eigenvalue weighted by atomic mass is 32.2. The maximum absolute atomic E-state index is 6.62. The van der Waals surface area contributed by atoms with Gasteiger partial charge in [-0.2, -0.15) is 0 Å². The third-order valence-corrected chi connectivity index (χ3v) is 12.8. The first-order chi connectivity index (χ1) is 26.8. The molecule has 252 valence electrons. The zero-order valence-corrected chi connectivity index (χ0v) is 30.0. The summed E-state index contributed by atoms with van der Waals surface area (Å²) >= 11 is 1.88. The van der Waals surface area contributed by atoms with Crippen molar-refractivity contribution in [1.82, 2.24) is 0 Å². The maximum Gasteiger partial charge on any atom is 0.137 e. The van der Waals surface area contributed by atoms with Crippen LogP contribution in [-0.2, 0) is 5.41 Å². The van der Waals surface area contributed by atoms with Crippen molar-refractivity contribution in [3.63, 3.8) is 0 Å². The number of nitrogens with zero attached hydrogens (tertiary/aromatic N) is 1. The first-order valence-electron chi connectivity index (χ1n) is 18.5. The van der Waals surface area contributed by atoms with E-state index in [1.807, 2.05) is 11.8 Å². The van der Waals surface area contributed by atoms with Crippen LogP contribution in [0.25, 0.3) is 54.6 Å². The molecule has 2 aliphatic rings. The summed E-state index contributed by atoms with van der Waals surface area (Å²) in [7, 11) is 0. The Balaban J connectivity index is 1.13. The Hall–Kier alpha value is -6.55. The van der Waals surface area contributed by atoms with Crippen molar-refractivity contribution in [2.75, 3.05) is 4.90 Å². The van der Waals surface area contributed by atoms with Gasteiger partial charge < -0.3 is 9.32 Å². The van der Waals surface area contributed by atoms with Crippen LogP contribution in [0.5, 0.6) is 0 Å². The highest BCUT2D eigenvalue weighted by Crippen LogP contribution is 2.61. The predicted octanol–water partition coefficient (Wildman–Crippen LogP) is 14.2. The highest BCUT2D eigenvalue weighted by Gasteiger charge is 2.48. The Labute approximate surface area is 316 Å². The molecule has 12 rings (SSSR count). The average Bonchev–Trinajstić information content (AvgIpc) is 3.58. The molecule has 0 saturated heterocycles. The largest absolute Gasteiger partial charge is 0.456 e. The summed E-state index contributed by atoms with van der Waals surface area (Å²) in [6.07, 6.45) is 0. The highest BCUT2D eigenvalue weighted by molar-refractivity contribution is 7.99. The smallest absolute Gasteiger partial charge is 0.137 e. The SMILES string of the molecule is c1ccc(N(c2ccc3c(c2)C2(c4ccccc4S3)c3ccccc3-c3cccc4cccc2c34)c2ccc3c(c2)oc2cc4ccccc4cc23)cc1. The molecule has 0 amide bonds.